The number of nitrogens with zero attached hydrogens (tertiary/aromatic N) is 1. The summed E-state index contributed by atoms with van der Waals surface area (Å²) in [4.78, 5) is 35.5. The first-order valence-electron chi connectivity index (χ1n) is 5.52. The van der Waals surface area contributed by atoms with Gasteiger partial charge in [-0.25, -0.2) is 4.79 Å². The van der Waals surface area contributed by atoms with Crippen LogP contribution in [0.25, 0.3) is 6.08 Å². The van der Waals surface area contributed by atoms with Crippen LogP contribution in [0.4, 0.5) is 4.79 Å². The molecule has 2 rings (SSSR count). The van der Waals surface area contributed by atoms with E-state index in [-0.39, 0.29) is 5.57 Å². The van der Waals surface area contributed by atoms with Crippen LogP contribution in [0.5, 0.6) is 5.75 Å². The number of barbiturate groups is 1. The topological polar surface area (TPSA) is 75.7 Å². The van der Waals surface area contributed by atoms with Gasteiger partial charge in [0.2, 0.25) is 0 Å². The highest BCUT2D eigenvalue weighted by molar-refractivity contribution is 6.30. The lowest BCUT2D eigenvalue weighted by Crippen LogP contribution is -2.52. The fourth-order valence-corrected chi connectivity index (χ4v) is 1.61. The second-order valence-electron chi connectivity index (χ2n) is 3.95. The minimum absolute atomic E-state index is 0.0766. The number of benzene rings is 1. The molecule has 0 radical (unpaired) electrons. The third-order valence-corrected chi connectivity index (χ3v) is 2.73. The molecule has 1 heterocycles. The highest BCUT2D eigenvalue weighted by Crippen LogP contribution is 2.16. The van der Waals surface area contributed by atoms with Gasteiger partial charge in [-0.05, 0) is 23.8 Å². The zero-order valence-electron chi connectivity index (χ0n) is 10.5. The second kappa shape index (κ2) is 4.93. The lowest BCUT2D eigenvalue weighted by molar-refractivity contribution is -0.129. The Morgan fingerprint density at radius 1 is 1.16 bits per heavy atom. The van der Waals surface area contributed by atoms with Gasteiger partial charge >= 0.3 is 6.03 Å². The van der Waals surface area contributed by atoms with Gasteiger partial charge in [0.25, 0.3) is 11.8 Å². The molecule has 0 bridgehead atoms. The molecule has 0 spiro atoms. The number of carbonyl (C=O) groups excluding carboxylic acids is 3. The van der Waals surface area contributed by atoms with Gasteiger partial charge in [-0.1, -0.05) is 12.1 Å². The number of carbonyl (C=O) groups is 3. The Balaban J connectivity index is 2.33. The van der Waals surface area contributed by atoms with Crippen LogP contribution in [-0.2, 0) is 9.59 Å². The summed E-state index contributed by atoms with van der Waals surface area (Å²) in [6.45, 7) is 0. The van der Waals surface area contributed by atoms with Crippen molar-refractivity contribution in [3.8, 4) is 5.75 Å². The summed E-state index contributed by atoms with van der Waals surface area (Å²) in [6, 6.07) is 6.13. The molecule has 4 amide bonds. The quantitative estimate of drug-likeness (QED) is 0.630. The Labute approximate surface area is 109 Å². The normalized spacial score (nSPS) is 17.7. The van der Waals surface area contributed by atoms with E-state index in [1.165, 1.54) is 13.1 Å². The van der Waals surface area contributed by atoms with Gasteiger partial charge < -0.3 is 4.74 Å². The first-order valence-corrected chi connectivity index (χ1v) is 5.52. The summed E-state index contributed by atoms with van der Waals surface area (Å²) in [5, 5.41) is 2.09. The number of urea groups is 1. The van der Waals surface area contributed by atoms with Crippen molar-refractivity contribution in [2.45, 2.75) is 0 Å². The van der Waals surface area contributed by atoms with E-state index in [4.69, 9.17) is 4.74 Å². The van der Waals surface area contributed by atoms with E-state index in [9.17, 15) is 14.4 Å². The van der Waals surface area contributed by atoms with Crippen molar-refractivity contribution in [1.29, 1.82) is 0 Å². The molecule has 0 saturated carbocycles. The lowest BCUT2D eigenvalue weighted by atomic mass is 10.1. The molecule has 6 nitrogen and oxygen atoms in total. The molecule has 0 unspecified atom stereocenters. The molecular formula is C13H12N2O4. The summed E-state index contributed by atoms with van der Waals surface area (Å²) in [6.07, 6.45) is 1.43. The van der Waals surface area contributed by atoms with E-state index in [2.05, 4.69) is 5.32 Å². The molecule has 6 heteroatoms. The fraction of sp³-hybridized carbons (Fsp3) is 0.154. The maximum atomic E-state index is 11.8. The first kappa shape index (κ1) is 12.8. The molecule has 0 atom stereocenters. The van der Waals surface area contributed by atoms with E-state index in [0.29, 0.717) is 11.3 Å². The number of hydrogen-bond acceptors (Lipinski definition) is 4. The molecule has 1 aromatic carbocycles. The Morgan fingerprint density at radius 3 is 2.37 bits per heavy atom. The van der Waals surface area contributed by atoms with E-state index in [1.807, 2.05) is 0 Å². The van der Waals surface area contributed by atoms with Crippen LogP contribution in [0.2, 0.25) is 0 Å². The largest absolute Gasteiger partial charge is 0.497 e. The Bertz CT molecular complexity index is 575. The van der Waals surface area contributed by atoms with Crippen LogP contribution in [0.3, 0.4) is 0 Å². The summed E-state index contributed by atoms with van der Waals surface area (Å²) in [7, 11) is 2.86. The summed E-state index contributed by atoms with van der Waals surface area (Å²) in [5.41, 5.74) is 0.592. The van der Waals surface area contributed by atoms with Crippen LogP contribution >= 0.6 is 0 Å². The third-order valence-electron chi connectivity index (χ3n) is 2.73. The van der Waals surface area contributed by atoms with Crippen molar-refractivity contribution in [3.63, 3.8) is 0 Å². The molecule has 1 fully saturated rings. The molecule has 98 valence electrons. The summed E-state index contributed by atoms with van der Waals surface area (Å²) < 4.78 is 5.01. The highest BCUT2D eigenvalue weighted by atomic mass is 16.5. The first-order chi connectivity index (χ1) is 9.02. The number of rotatable bonds is 2. The van der Waals surface area contributed by atoms with Crippen LogP contribution < -0.4 is 10.1 Å². The van der Waals surface area contributed by atoms with Crippen molar-refractivity contribution in [1.82, 2.24) is 10.2 Å². The van der Waals surface area contributed by atoms with E-state index >= 15 is 0 Å². The monoisotopic (exact) mass is 260 g/mol. The molecule has 1 aromatic rings. The SMILES string of the molecule is COc1ccc(/C=C2\C(=O)NC(=O)N(C)C2=O)cc1. The number of methoxy groups -OCH3 is 1. The minimum Gasteiger partial charge on any atom is -0.497 e. The number of hydrogen-bond donors (Lipinski definition) is 1. The maximum Gasteiger partial charge on any atom is 0.331 e. The average Bonchev–Trinajstić information content (AvgIpc) is 2.42. The molecule has 1 aliphatic heterocycles. The fourth-order valence-electron chi connectivity index (χ4n) is 1.61. The van der Waals surface area contributed by atoms with Gasteiger partial charge in [0.15, 0.2) is 0 Å². The molecule has 1 N–H and O–H groups in total. The lowest BCUT2D eigenvalue weighted by Gasteiger charge is -2.22. The zero-order chi connectivity index (χ0) is 14.0. The Hall–Kier alpha value is -2.63. The average molecular weight is 260 g/mol. The van der Waals surface area contributed by atoms with Crippen LogP contribution in [0.15, 0.2) is 29.8 Å². The molecule has 1 aliphatic rings. The van der Waals surface area contributed by atoms with Gasteiger partial charge in [0, 0.05) is 7.05 Å². The smallest absolute Gasteiger partial charge is 0.331 e. The number of nitrogens with one attached hydrogen (secondary N) is 1. The number of imide groups is 2. The van der Waals surface area contributed by atoms with Crippen molar-refractivity contribution >= 4 is 23.9 Å². The predicted octanol–water partition coefficient (Wildman–Crippen LogP) is 0.787. The standard InChI is InChI=1S/C13H12N2O4/c1-15-12(17)10(11(16)14-13(15)18)7-8-3-5-9(19-2)6-4-8/h3-7H,1-2H3,(H,14,16,18)/b10-7+. The van der Waals surface area contributed by atoms with Crippen LogP contribution in [0, 0.1) is 0 Å². The van der Waals surface area contributed by atoms with Crippen LogP contribution in [-0.4, -0.2) is 36.9 Å². The maximum absolute atomic E-state index is 11.8. The van der Waals surface area contributed by atoms with Gasteiger partial charge in [-0.3, -0.25) is 19.8 Å². The summed E-state index contributed by atoms with van der Waals surface area (Å²) >= 11 is 0. The molecular weight excluding hydrogens is 248 g/mol. The van der Waals surface area contributed by atoms with Crippen molar-refractivity contribution in [3.05, 3.63) is 35.4 Å². The zero-order valence-corrected chi connectivity index (χ0v) is 10.5. The van der Waals surface area contributed by atoms with Gasteiger partial charge in [0.1, 0.15) is 11.3 Å². The van der Waals surface area contributed by atoms with Crippen molar-refractivity contribution < 1.29 is 19.1 Å². The molecule has 1 saturated heterocycles. The van der Waals surface area contributed by atoms with E-state index < -0.39 is 17.8 Å². The minimum atomic E-state index is -0.720. The molecule has 0 aliphatic carbocycles. The number of ether oxygens (including phenoxy) is 1. The van der Waals surface area contributed by atoms with Crippen molar-refractivity contribution in [2.24, 2.45) is 0 Å². The highest BCUT2D eigenvalue weighted by Gasteiger charge is 2.32. The third kappa shape index (κ3) is 2.47. The Kier molecular flexibility index (Phi) is 3.33. The second-order valence-corrected chi connectivity index (χ2v) is 3.95. The number of likely N-dealkylation sites (N-methyl/N-ethyl adjacent to an activating group) is 1. The molecule has 19 heavy (non-hydrogen) atoms. The predicted molar refractivity (Wildman–Crippen MR) is 67.3 cm³/mol. The summed E-state index contributed by atoms with van der Waals surface area (Å²) in [5.74, 6) is -0.637. The Morgan fingerprint density at radius 2 is 1.79 bits per heavy atom. The van der Waals surface area contributed by atoms with Gasteiger partial charge in [-0.2, -0.15) is 0 Å². The van der Waals surface area contributed by atoms with Gasteiger partial charge in [0.05, 0.1) is 7.11 Å². The van der Waals surface area contributed by atoms with E-state index in [1.54, 1.807) is 31.4 Å². The van der Waals surface area contributed by atoms with E-state index in [0.717, 1.165) is 4.90 Å². The molecule has 0 aromatic heterocycles. The number of amides is 4. The van der Waals surface area contributed by atoms with Gasteiger partial charge in [-0.15, -0.1) is 0 Å². The van der Waals surface area contributed by atoms with Crippen LogP contribution in [0.1, 0.15) is 5.56 Å². The van der Waals surface area contributed by atoms with Crippen molar-refractivity contribution in [2.75, 3.05) is 14.2 Å².